The second-order valence-electron chi connectivity index (χ2n) is 4.93. The Kier molecular flexibility index (Phi) is 3.05. The molecule has 7 heteroatoms. The van der Waals surface area contributed by atoms with E-state index < -0.39 is 22.9 Å². The van der Waals surface area contributed by atoms with Crippen LogP contribution in [0.4, 0.5) is 0 Å². The molecule has 0 unspecified atom stereocenters. The van der Waals surface area contributed by atoms with E-state index in [4.69, 9.17) is 5.73 Å². The van der Waals surface area contributed by atoms with Gasteiger partial charge in [-0.25, -0.2) is 0 Å². The summed E-state index contributed by atoms with van der Waals surface area (Å²) < 4.78 is 2.57. The highest BCUT2D eigenvalue weighted by molar-refractivity contribution is 5.94. The number of hydrogen-bond acceptors (Lipinski definition) is 4. The third-order valence-corrected chi connectivity index (χ3v) is 2.77. The number of aromatic nitrogens is 3. The van der Waals surface area contributed by atoms with E-state index in [-0.39, 0.29) is 5.92 Å². The van der Waals surface area contributed by atoms with E-state index in [0.29, 0.717) is 17.9 Å². The molecule has 0 bridgehead atoms. The number of rotatable bonds is 3. The summed E-state index contributed by atoms with van der Waals surface area (Å²) in [6, 6.07) is 1.67. The second-order valence-corrected chi connectivity index (χ2v) is 4.93. The highest BCUT2D eigenvalue weighted by Gasteiger charge is 2.22. The summed E-state index contributed by atoms with van der Waals surface area (Å²) in [5, 5.41) is 14.1. The quantitative estimate of drug-likeness (QED) is 0.830. The smallest absolute Gasteiger partial charge is 0.291 e. The second kappa shape index (κ2) is 4.42. The van der Waals surface area contributed by atoms with Crippen molar-refractivity contribution in [1.29, 1.82) is 0 Å². The molecule has 0 saturated heterocycles. The maximum absolute atomic E-state index is 12.1. The van der Waals surface area contributed by atoms with E-state index in [1.807, 2.05) is 13.8 Å². The van der Waals surface area contributed by atoms with Crippen LogP contribution >= 0.6 is 0 Å². The van der Waals surface area contributed by atoms with Crippen molar-refractivity contribution in [3.8, 4) is 5.88 Å². The van der Waals surface area contributed by atoms with Gasteiger partial charge in [0.25, 0.3) is 11.5 Å². The van der Waals surface area contributed by atoms with Gasteiger partial charge in [0.15, 0.2) is 5.56 Å². The SMILES string of the molecule is Cc1cc2n(CC(C)C)c(O)c(C(N)=O)c(=O)n2n1. The third kappa shape index (κ3) is 2.07. The number of amides is 1. The fourth-order valence-corrected chi connectivity index (χ4v) is 2.03. The Balaban J connectivity index is 2.91. The predicted molar refractivity (Wildman–Crippen MR) is 69.2 cm³/mol. The number of aryl methyl sites for hydroxylation is 1. The van der Waals surface area contributed by atoms with Gasteiger partial charge in [0.2, 0.25) is 5.88 Å². The van der Waals surface area contributed by atoms with Gasteiger partial charge in [0.1, 0.15) is 5.65 Å². The summed E-state index contributed by atoms with van der Waals surface area (Å²) in [5.41, 5.74) is 5.09. The van der Waals surface area contributed by atoms with Gasteiger partial charge in [-0.3, -0.25) is 14.2 Å². The van der Waals surface area contributed by atoms with Crippen LogP contribution in [0, 0.1) is 12.8 Å². The molecule has 0 aliphatic heterocycles. The summed E-state index contributed by atoms with van der Waals surface area (Å²) in [6.07, 6.45) is 0. The maximum Gasteiger partial charge on any atom is 0.291 e. The van der Waals surface area contributed by atoms with Crippen molar-refractivity contribution >= 4 is 11.6 Å². The molecule has 0 radical (unpaired) electrons. The monoisotopic (exact) mass is 264 g/mol. The van der Waals surface area contributed by atoms with E-state index >= 15 is 0 Å². The van der Waals surface area contributed by atoms with E-state index in [1.54, 1.807) is 13.0 Å². The normalized spacial score (nSPS) is 11.4. The van der Waals surface area contributed by atoms with Crippen molar-refractivity contribution in [2.24, 2.45) is 11.7 Å². The van der Waals surface area contributed by atoms with Crippen LogP contribution in [-0.4, -0.2) is 25.2 Å². The fraction of sp³-hybridized carbons (Fsp3) is 0.417. The Morgan fingerprint density at radius 3 is 2.68 bits per heavy atom. The van der Waals surface area contributed by atoms with Crippen LogP contribution in [-0.2, 0) is 6.54 Å². The average molecular weight is 264 g/mol. The molecule has 2 heterocycles. The first-order valence-electron chi connectivity index (χ1n) is 5.95. The van der Waals surface area contributed by atoms with Crippen molar-refractivity contribution in [3.63, 3.8) is 0 Å². The lowest BCUT2D eigenvalue weighted by Gasteiger charge is -2.15. The topological polar surface area (TPSA) is 103 Å². The standard InChI is InChI=1S/C12H16N4O3/c1-6(2)5-15-8-4-7(3)14-16(8)12(19)9(10(13)17)11(15)18/h4,6,18H,5H2,1-3H3,(H2,13,17). The zero-order valence-electron chi connectivity index (χ0n) is 11.0. The van der Waals surface area contributed by atoms with Gasteiger partial charge in [-0.15, -0.1) is 0 Å². The van der Waals surface area contributed by atoms with Gasteiger partial charge in [0.05, 0.1) is 5.69 Å². The van der Waals surface area contributed by atoms with Gasteiger partial charge >= 0.3 is 0 Å². The Labute approximate surface area is 109 Å². The molecule has 0 aliphatic rings. The van der Waals surface area contributed by atoms with Crippen LogP contribution in [0.1, 0.15) is 29.9 Å². The minimum Gasteiger partial charge on any atom is -0.494 e. The van der Waals surface area contributed by atoms with Gasteiger partial charge in [0, 0.05) is 12.6 Å². The molecule has 3 N–H and O–H groups in total. The highest BCUT2D eigenvalue weighted by Crippen LogP contribution is 2.19. The summed E-state index contributed by atoms with van der Waals surface area (Å²) in [5.74, 6) is -1.15. The molecule has 0 spiro atoms. The molecule has 19 heavy (non-hydrogen) atoms. The van der Waals surface area contributed by atoms with Crippen molar-refractivity contribution in [1.82, 2.24) is 14.2 Å². The van der Waals surface area contributed by atoms with Crippen LogP contribution in [0.25, 0.3) is 5.65 Å². The number of fused-ring (bicyclic) bond motifs is 1. The van der Waals surface area contributed by atoms with Crippen LogP contribution in [0.2, 0.25) is 0 Å². The number of aromatic hydroxyl groups is 1. The van der Waals surface area contributed by atoms with Gasteiger partial charge in [-0.2, -0.15) is 9.61 Å². The van der Waals surface area contributed by atoms with Gasteiger partial charge < -0.3 is 10.8 Å². The van der Waals surface area contributed by atoms with Crippen LogP contribution in [0.15, 0.2) is 10.9 Å². The molecule has 102 valence electrons. The lowest BCUT2D eigenvalue weighted by molar-refractivity contribution is 0.0994. The molecule has 0 saturated carbocycles. The summed E-state index contributed by atoms with van der Waals surface area (Å²) in [4.78, 5) is 23.4. The number of nitrogens with zero attached hydrogens (tertiary/aromatic N) is 3. The van der Waals surface area contributed by atoms with E-state index in [1.165, 1.54) is 4.57 Å². The molecule has 0 aromatic carbocycles. The first-order valence-corrected chi connectivity index (χ1v) is 5.95. The third-order valence-electron chi connectivity index (χ3n) is 2.77. The largest absolute Gasteiger partial charge is 0.494 e. The van der Waals surface area contributed by atoms with Crippen molar-refractivity contribution in [2.45, 2.75) is 27.3 Å². The van der Waals surface area contributed by atoms with E-state index in [0.717, 1.165) is 4.52 Å². The zero-order chi connectivity index (χ0) is 14.3. The molecule has 1 amide bonds. The van der Waals surface area contributed by atoms with Crippen molar-refractivity contribution in [3.05, 3.63) is 27.7 Å². The maximum atomic E-state index is 12.1. The summed E-state index contributed by atoms with van der Waals surface area (Å²) >= 11 is 0. The Morgan fingerprint density at radius 2 is 2.16 bits per heavy atom. The van der Waals surface area contributed by atoms with Crippen molar-refractivity contribution < 1.29 is 9.90 Å². The minimum absolute atomic E-state index is 0.216. The van der Waals surface area contributed by atoms with Crippen LogP contribution in [0.5, 0.6) is 5.88 Å². The zero-order valence-corrected chi connectivity index (χ0v) is 11.0. The molecule has 0 aliphatic carbocycles. The Bertz CT molecular complexity index is 712. The Morgan fingerprint density at radius 1 is 1.53 bits per heavy atom. The molecular formula is C12H16N4O3. The fourth-order valence-electron chi connectivity index (χ4n) is 2.03. The van der Waals surface area contributed by atoms with Crippen LogP contribution < -0.4 is 11.3 Å². The van der Waals surface area contributed by atoms with Gasteiger partial charge in [-0.1, -0.05) is 13.8 Å². The summed E-state index contributed by atoms with van der Waals surface area (Å²) in [7, 11) is 0. The van der Waals surface area contributed by atoms with Crippen LogP contribution in [0.3, 0.4) is 0 Å². The molecular weight excluding hydrogens is 248 g/mol. The highest BCUT2D eigenvalue weighted by atomic mass is 16.3. The van der Waals surface area contributed by atoms with E-state index in [9.17, 15) is 14.7 Å². The number of carbonyl (C=O) groups is 1. The summed E-state index contributed by atoms with van der Waals surface area (Å²) in [6.45, 7) is 6.09. The minimum atomic E-state index is -0.963. The van der Waals surface area contributed by atoms with Gasteiger partial charge in [-0.05, 0) is 12.8 Å². The number of primary amides is 1. The van der Waals surface area contributed by atoms with Crippen molar-refractivity contribution in [2.75, 3.05) is 0 Å². The molecule has 0 fully saturated rings. The lowest BCUT2D eigenvalue weighted by atomic mass is 10.2. The number of nitrogens with two attached hydrogens (primary N) is 1. The molecule has 0 atom stereocenters. The molecule has 2 aromatic heterocycles. The average Bonchev–Trinajstić information content (AvgIpc) is 2.66. The van der Waals surface area contributed by atoms with E-state index in [2.05, 4.69) is 5.10 Å². The first-order chi connectivity index (χ1) is 8.82. The first kappa shape index (κ1) is 13.1. The molecule has 2 rings (SSSR count). The number of hydrogen-bond donors (Lipinski definition) is 2. The lowest BCUT2D eigenvalue weighted by Crippen LogP contribution is -2.30. The molecule has 2 aromatic rings. The molecule has 7 nitrogen and oxygen atoms in total. The predicted octanol–water partition coefficient (Wildman–Crippen LogP) is 0.265. The Hall–Kier alpha value is -2.31. The number of carbonyl (C=O) groups excluding carboxylic acids is 1.